The normalized spacial score (nSPS) is 18.8. The predicted molar refractivity (Wildman–Crippen MR) is 110 cm³/mol. The SMILES string of the molecule is CCCCNC(=O)COC(=O)c1ccc(OCC(=O)N2C(C)CCCC2C)cc1. The molecule has 1 N–H and O–H groups in total. The van der Waals surface area contributed by atoms with Gasteiger partial charge in [-0.15, -0.1) is 0 Å². The third kappa shape index (κ3) is 7.07. The number of likely N-dealkylation sites (tertiary alicyclic amines) is 1. The molecule has 2 amide bonds. The third-order valence-corrected chi connectivity index (χ3v) is 5.12. The Bertz CT molecular complexity index is 679. The number of piperidine rings is 1. The number of esters is 1. The molecule has 7 heteroatoms. The van der Waals surface area contributed by atoms with E-state index in [4.69, 9.17) is 9.47 Å². The van der Waals surface area contributed by atoms with Crippen molar-refractivity contribution in [2.45, 2.75) is 65.0 Å². The molecule has 1 heterocycles. The Hall–Kier alpha value is -2.57. The molecule has 2 rings (SSSR count). The molecule has 2 atom stereocenters. The van der Waals surface area contributed by atoms with Crippen LogP contribution in [-0.2, 0) is 14.3 Å². The summed E-state index contributed by atoms with van der Waals surface area (Å²) in [6.45, 7) is 6.41. The zero-order chi connectivity index (χ0) is 21.2. The second kappa shape index (κ2) is 11.4. The van der Waals surface area contributed by atoms with Crippen LogP contribution in [0, 0.1) is 0 Å². The van der Waals surface area contributed by atoms with E-state index < -0.39 is 5.97 Å². The van der Waals surface area contributed by atoms with Gasteiger partial charge in [0.25, 0.3) is 11.8 Å². The van der Waals surface area contributed by atoms with Gasteiger partial charge in [-0.3, -0.25) is 9.59 Å². The van der Waals surface area contributed by atoms with E-state index in [0.29, 0.717) is 17.9 Å². The van der Waals surface area contributed by atoms with E-state index in [-0.39, 0.29) is 37.1 Å². The van der Waals surface area contributed by atoms with E-state index in [1.54, 1.807) is 24.3 Å². The van der Waals surface area contributed by atoms with Crippen molar-refractivity contribution in [3.8, 4) is 5.75 Å². The monoisotopic (exact) mass is 404 g/mol. The molecule has 0 bridgehead atoms. The molecule has 7 nitrogen and oxygen atoms in total. The van der Waals surface area contributed by atoms with Crippen LogP contribution in [0.25, 0.3) is 0 Å². The number of hydrogen-bond donors (Lipinski definition) is 1. The van der Waals surface area contributed by atoms with Crippen molar-refractivity contribution < 1.29 is 23.9 Å². The molecule has 29 heavy (non-hydrogen) atoms. The second-order valence-electron chi connectivity index (χ2n) is 7.52. The highest BCUT2D eigenvalue weighted by molar-refractivity contribution is 5.91. The van der Waals surface area contributed by atoms with Gasteiger partial charge in [0.2, 0.25) is 0 Å². The van der Waals surface area contributed by atoms with E-state index in [0.717, 1.165) is 32.1 Å². The van der Waals surface area contributed by atoms with Crippen LogP contribution < -0.4 is 10.1 Å². The lowest BCUT2D eigenvalue weighted by Gasteiger charge is -2.38. The maximum Gasteiger partial charge on any atom is 0.338 e. The molecule has 1 fully saturated rings. The van der Waals surface area contributed by atoms with Crippen LogP contribution in [-0.4, -0.2) is 54.5 Å². The fraction of sp³-hybridized carbons (Fsp3) is 0.591. The molecule has 0 aliphatic carbocycles. The van der Waals surface area contributed by atoms with Crippen LogP contribution in [0.15, 0.2) is 24.3 Å². The van der Waals surface area contributed by atoms with Crippen LogP contribution in [0.3, 0.4) is 0 Å². The van der Waals surface area contributed by atoms with Crippen molar-refractivity contribution in [2.24, 2.45) is 0 Å². The highest BCUT2D eigenvalue weighted by Crippen LogP contribution is 2.23. The average Bonchev–Trinajstić information content (AvgIpc) is 2.71. The minimum Gasteiger partial charge on any atom is -0.484 e. The van der Waals surface area contributed by atoms with Gasteiger partial charge in [-0.1, -0.05) is 13.3 Å². The number of rotatable bonds is 9. The maximum atomic E-state index is 12.5. The Labute approximate surface area is 172 Å². The summed E-state index contributed by atoms with van der Waals surface area (Å²) in [5, 5.41) is 2.69. The Kier molecular flexibility index (Phi) is 8.96. The summed E-state index contributed by atoms with van der Waals surface area (Å²) in [5.74, 6) is -0.410. The second-order valence-corrected chi connectivity index (χ2v) is 7.52. The lowest BCUT2D eigenvalue weighted by Crippen LogP contribution is -2.49. The van der Waals surface area contributed by atoms with Crippen molar-refractivity contribution in [3.63, 3.8) is 0 Å². The maximum absolute atomic E-state index is 12.5. The minimum absolute atomic E-state index is 0.0257. The first kappa shape index (κ1) is 22.7. The number of nitrogens with one attached hydrogen (secondary N) is 1. The average molecular weight is 405 g/mol. The number of benzene rings is 1. The van der Waals surface area contributed by atoms with Gasteiger partial charge in [0.05, 0.1) is 5.56 Å². The van der Waals surface area contributed by atoms with Gasteiger partial charge in [-0.2, -0.15) is 0 Å². The molecule has 1 aromatic carbocycles. The number of carbonyl (C=O) groups is 3. The molecule has 1 aliphatic heterocycles. The lowest BCUT2D eigenvalue weighted by atomic mass is 9.97. The molecule has 160 valence electrons. The fourth-order valence-corrected chi connectivity index (χ4v) is 3.49. The Morgan fingerprint density at radius 1 is 1.07 bits per heavy atom. The van der Waals surface area contributed by atoms with Crippen LogP contribution in [0.1, 0.15) is 63.2 Å². The van der Waals surface area contributed by atoms with Crippen molar-refractivity contribution in [3.05, 3.63) is 29.8 Å². The van der Waals surface area contributed by atoms with E-state index in [2.05, 4.69) is 19.2 Å². The van der Waals surface area contributed by atoms with Crippen LogP contribution in [0.5, 0.6) is 5.75 Å². The molecule has 1 saturated heterocycles. The van der Waals surface area contributed by atoms with Gasteiger partial charge in [0.15, 0.2) is 13.2 Å². The first-order valence-electron chi connectivity index (χ1n) is 10.4. The van der Waals surface area contributed by atoms with Crippen molar-refractivity contribution in [1.29, 1.82) is 0 Å². The van der Waals surface area contributed by atoms with E-state index in [1.165, 1.54) is 0 Å². The summed E-state index contributed by atoms with van der Waals surface area (Å²) >= 11 is 0. The minimum atomic E-state index is -0.575. The van der Waals surface area contributed by atoms with E-state index in [9.17, 15) is 14.4 Å². The number of nitrogens with zero attached hydrogens (tertiary/aromatic N) is 1. The van der Waals surface area contributed by atoms with Gasteiger partial charge >= 0.3 is 5.97 Å². The van der Waals surface area contributed by atoms with Crippen molar-refractivity contribution in [2.75, 3.05) is 19.8 Å². The fourth-order valence-electron chi connectivity index (χ4n) is 3.49. The number of amides is 2. The molecule has 0 saturated carbocycles. The Morgan fingerprint density at radius 3 is 2.34 bits per heavy atom. The van der Waals surface area contributed by atoms with Gasteiger partial charge in [0, 0.05) is 18.6 Å². The summed E-state index contributed by atoms with van der Waals surface area (Å²) in [6.07, 6.45) is 5.05. The van der Waals surface area contributed by atoms with Crippen LogP contribution >= 0.6 is 0 Å². The summed E-state index contributed by atoms with van der Waals surface area (Å²) in [4.78, 5) is 38.0. The molecule has 0 spiro atoms. The third-order valence-electron chi connectivity index (χ3n) is 5.12. The van der Waals surface area contributed by atoms with Gasteiger partial charge in [-0.25, -0.2) is 4.79 Å². The summed E-state index contributed by atoms with van der Waals surface area (Å²) in [5.41, 5.74) is 0.323. The molecule has 2 unspecified atom stereocenters. The zero-order valence-corrected chi connectivity index (χ0v) is 17.6. The first-order valence-corrected chi connectivity index (χ1v) is 10.4. The van der Waals surface area contributed by atoms with Crippen LogP contribution in [0.4, 0.5) is 0 Å². The number of hydrogen-bond acceptors (Lipinski definition) is 5. The van der Waals surface area contributed by atoms with Crippen molar-refractivity contribution in [1.82, 2.24) is 10.2 Å². The van der Waals surface area contributed by atoms with E-state index >= 15 is 0 Å². The zero-order valence-electron chi connectivity index (χ0n) is 17.6. The smallest absolute Gasteiger partial charge is 0.338 e. The lowest BCUT2D eigenvalue weighted by molar-refractivity contribution is -0.139. The number of carbonyl (C=O) groups excluding carboxylic acids is 3. The summed E-state index contributed by atoms with van der Waals surface area (Å²) in [7, 11) is 0. The Morgan fingerprint density at radius 2 is 1.72 bits per heavy atom. The highest BCUT2D eigenvalue weighted by Gasteiger charge is 2.28. The summed E-state index contributed by atoms with van der Waals surface area (Å²) < 4.78 is 10.6. The molecule has 0 radical (unpaired) electrons. The standard InChI is InChI=1S/C22H32N2O5/c1-4-5-13-23-20(25)14-29-22(27)18-9-11-19(12-10-18)28-15-21(26)24-16(2)7-6-8-17(24)3/h9-12,16-17H,4-8,13-15H2,1-3H3,(H,23,25). The Balaban J connectivity index is 1.78. The predicted octanol–water partition coefficient (Wildman–Crippen LogP) is 2.93. The topological polar surface area (TPSA) is 84.9 Å². The summed E-state index contributed by atoms with van der Waals surface area (Å²) in [6, 6.07) is 6.81. The largest absolute Gasteiger partial charge is 0.484 e. The van der Waals surface area contributed by atoms with Gasteiger partial charge in [0.1, 0.15) is 5.75 Å². The molecule has 1 aliphatic rings. The molecular formula is C22H32N2O5. The van der Waals surface area contributed by atoms with Crippen molar-refractivity contribution >= 4 is 17.8 Å². The number of unbranched alkanes of at least 4 members (excludes halogenated alkanes) is 1. The molecular weight excluding hydrogens is 372 g/mol. The quantitative estimate of drug-likeness (QED) is 0.505. The van der Waals surface area contributed by atoms with Gasteiger partial charge < -0.3 is 19.7 Å². The van der Waals surface area contributed by atoms with E-state index in [1.807, 2.05) is 11.8 Å². The number of ether oxygens (including phenoxy) is 2. The van der Waals surface area contributed by atoms with Gasteiger partial charge in [-0.05, 0) is 63.8 Å². The molecule has 0 aromatic heterocycles. The molecule has 1 aromatic rings. The highest BCUT2D eigenvalue weighted by atomic mass is 16.5. The first-order chi connectivity index (χ1) is 13.9. The van der Waals surface area contributed by atoms with Crippen LogP contribution in [0.2, 0.25) is 0 Å².